The van der Waals surface area contributed by atoms with Crippen molar-refractivity contribution in [2.75, 3.05) is 20.3 Å². The number of hydrogen-bond acceptors (Lipinski definition) is 5. The fraction of sp³-hybridized carbons (Fsp3) is 0.375. The van der Waals surface area contributed by atoms with Crippen LogP contribution in [0.25, 0.3) is 11.1 Å². The van der Waals surface area contributed by atoms with Gasteiger partial charge in [0.15, 0.2) is 11.5 Å². The summed E-state index contributed by atoms with van der Waals surface area (Å²) in [4.78, 5) is 14.9. The molecule has 3 N–H and O–H groups in total. The summed E-state index contributed by atoms with van der Waals surface area (Å²) in [5, 5.41) is 7.58. The van der Waals surface area contributed by atoms with Gasteiger partial charge in [-0.15, -0.1) is 0 Å². The summed E-state index contributed by atoms with van der Waals surface area (Å²) < 4.78 is 17.6. The van der Waals surface area contributed by atoms with E-state index < -0.39 is 0 Å². The van der Waals surface area contributed by atoms with Crippen LogP contribution in [0.5, 0.6) is 17.2 Å². The van der Waals surface area contributed by atoms with Crippen molar-refractivity contribution in [3.8, 4) is 28.4 Å². The Kier molecular flexibility index (Phi) is 10.4. The van der Waals surface area contributed by atoms with Crippen molar-refractivity contribution >= 4 is 11.7 Å². The predicted molar refractivity (Wildman–Crippen MR) is 157 cm³/mol. The average molecular weight is 532 g/mol. The van der Waals surface area contributed by atoms with Crippen LogP contribution in [0.2, 0.25) is 0 Å². The smallest absolute Gasteiger partial charge is 0.254 e. The monoisotopic (exact) mass is 531 g/mol. The van der Waals surface area contributed by atoms with Crippen LogP contribution >= 0.6 is 0 Å². The van der Waals surface area contributed by atoms with Crippen LogP contribution in [-0.4, -0.2) is 49.0 Å². The average Bonchev–Trinajstić information content (AvgIpc) is 2.91. The zero-order valence-corrected chi connectivity index (χ0v) is 23.9. The van der Waals surface area contributed by atoms with Crippen LogP contribution < -0.4 is 19.9 Å². The van der Waals surface area contributed by atoms with Gasteiger partial charge in [-0.3, -0.25) is 10.2 Å². The summed E-state index contributed by atoms with van der Waals surface area (Å²) >= 11 is 0. The molecule has 3 aromatic rings. The number of nitrogens with one attached hydrogen (secondary N) is 1. The highest BCUT2D eigenvalue weighted by atomic mass is 16.5. The lowest BCUT2D eigenvalue weighted by atomic mass is 9.99. The molecule has 0 aliphatic carbocycles. The first kappa shape index (κ1) is 29.6. The van der Waals surface area contributed by atoms with Gasteiger partial charge in [-0.25, -0.2) is 0 Å². The lowest BCUT2D eigenvalue weighted by Crippen LogP contribution is -2.42. The highest BCUT2D eigenvalue weighted by Gasteiger charge is 2.22. The molecule has 7 heteroatoms. The molecule has 0 spiro atoms. The maximum Gasteiger partial charge on any atom is 0.254 e. The maximum atomic E-state index is 13.1. The topological polar surface area (TPSA) is 97.9 Å². The molecule has 7 nitrogen and oxygen atoms in total. The second-order valence-corrected chi connectivity index (χ2v) is 10.0. The number of nitrogens with two attached hydrogens (primary N) is 1. The molecule has 208 valence electrons. The van der Waals surface area contributed by atoms with E-state index in [9.17, 15) is 4.79 Å². The molecule has 3 rings (SSSR count). The number of hydrogen-bond donors (Lipinski definition) is 2. The number of carbonyl (C=O) groups is 1. The summed E-state index contributed by atoms with van der Waals surface area (Å²) in [5.74, 6) is 1.94. The summed E-state index contributed by atoms with van der Waals surface area (Å²) in [6.07, 6.45) is 1.88. The number of nitrogens with zero attached hydrogens (tertiary/aromatic N) is 1. The van der Waals surface area contributed by atoms with Gasteiger partial charge in [-0.1, -0.05) is 43.7 Å². The molecule has 0 aliphatic rings. The van der Waals surface area contributed by atoms with Gasteiger partial charge in [0, 0.05) is 23.2 Å². The molecule has 0 saturated heterocycles. The number of rotatable bonds is 13. The lowest BCUT2D eigenvalue weighted by molar-refractivity contribution is 0.0643. The molecule has 0 heterocycles. The Labute approximate surface area is 232 Å². The first-order valence-electron chi connectivity index (χ1n) is 13.5. The molecule has 0 atom stereocenters. The number of amidine groups is 1. The zero-order chi connectivity index (χ0) is 28.5. The van der Waals surface area contributed by atoms with Crippen molar-refractivity contribution in [3.05, 3.63) is 77.4 Å². The quantitative estimate of drug-likeness (QED) is 0.153. The van der Waals surface area contributed by atoms with E-state index in [1.54, 1.807) is 25.3 Å². The van der Waals surface area contributed by atoms with Gasteiger partial charge < -0.3 is 24.8 Å². The zero-order valence-electron chi connectivity index (χ0n) is 23.9. The second-order valence-electron chi connectivity index (χ2n) is 10.0. The third kappa shape index (κ3) is 7.53. The molecule has 3 aromatic carbocycles. The van der Waals surface area contributed by atoms with E-state index in [0.717, 1.165) is 35.3 Å². The fourth-order valence-electron chi connectivity index (χ4n) is 4.64. The van der Waals surface area contributed by atoms with E-state index in [4.69, 9.17) is 25.4 Å². The summed E-state index contributed by atoms with van der Waals surface area (Å²) in [7, 11) is 1.57. The SMILES string of the molecule is CCCc1cc(-c2ccc(C(=N)N)cc2)ccc1OCCOc1ccc(C(=O)N(C(C)C)C(C)C)cc1OC. The van der Waals surface area contributed by atoms with E-state index >= 15 is 0 Å². The Bertz CT molecular complexity index is 1260. The van der Waals surface area contributed by atoms with Crippen LogP contribution in [0.4, 0.5) is 0 Å². The molecule has 0 aromatic heterocycles. The minimum atomic E-state index is -0.0325. The number of methoxy groups -OCH3 is 1. The van der Waals surface area contributed by atoms with E-state index in [2.05, 4.69) is 13.0 Å². The number of nitrogen functional groups attached to an aromatic ring is 1. The second kappa shape index (κ2) is 13.7. The number of amides is 1. The third-order valence-electron chi connectivity index (χ3n) is 6.47. The van der Waals surface area contributed by atoms with Gasteiger partial charge in [0.2, 0.25) is 0 Å². The number of carbonyl (C=O) groups excluding carboxylic acids is 1. The van der Waals surface area contributed by atoms with Crippen molar-refractivity contribution in [2.45, 2.75) is 59.5 Å². The largest absolute Gasteiger partial charge is 0.493 e. The number of benzene rings is 3. The standard InChI is InChI=1S/C32H41N3O4/c1-7-8-26-19-25(23-9-11-24(12-10-23)31(33)34)13-15-28(26)38-17-18-39-29-16-14-27(20-30(29)37-6)32(36)35(21(2)3)22(4)5/h9-16,19-22H,7-8,17-18H2,1-6H3,(H3,33,34). The van der Waals surface area contributed by atoms with Crippen molar-refractivity contribution in [3.63, 3.8) is 0 Å². The van der Waals surface area contributed by atoms with E-state index in [1.807, 2.05) is 69.0 Å². The molecule has 0 unspecified atom stereocenters. The summed E-state index contributed by atoms with van der Waals surface area (Å²) in [6.45, 7) is 10.9. The fourth-order valence-corrected chi connectivity index (χ4v) is 4.64. The molecule has 0 bridgehead atoms. The molecule has 39 heavy (non-hydrogen) atoms. The Hall–Kier alpha value is -4.00. The van der Waals surface area contributed by atoms with Crippen molar-refractivity contribution < 1.29 is 19.0 Å². The van der Waals surface area contributed by atoms with Crippen LogP contribution in [-0.2, 0) is 6.42 Å². The van der Waals surface area contributed by atoms with E-state index in [-0.39, 0.29) is 23.8 Å². The van der Waals surface area contributed by atoms with Gasteiger partial charge in [0.25, 0.3) is 5.91 Å². The van der Waals surface area contributed by atoms with Crippen molar-refractivity contribution in [1.82, 2.24) is 4.90 Å². The molecular formula is C32H41N3O4. The Morgan fingerprint density at radius 2 is 1.38 bits per heavy atom. The molecule has 0 saturated carbocycles. The Morgan fingerprint density at radius 3 is 1.95 bits per heavy atom. The highest BCUT2D eigenvalue weighted by Crippen LogP contribution is 2.30. The molecular weight excluding hydrogens is 490 g/mol. The minimum absolute atomic E-state index is 0.0325. The van der Waals surface area contributed by atoms with Crippen molar-refractivity contribution in [1.29, 1.82) is 5.41 Å². The third-order valence-corrected chi connectivity index (χ3v) is 6.47. The Morgan fingerprint density at radius 1 is 0.821 bits per heavy atom. The van der Waals surface area contributed by atoms with Gasteiger partial charge in [0.1, 0.15) is 24.8 Å². The molecule has 0 radical (unpaired) electrons. The first-order chi connectivity index (χ1) is 18.7. The molecule has 0 aliphatic heterocycles. The van der Waals surface area contributed by atoms with Gasteiger partial charge in [-0.05, 0) is 81.1 Å². The van der Waals surface area contributed by atoms with Crippen LogP contribution in [0.1, 0.15) is 62.5 Å². The predicted octanol–water partition coefficient (Wildman–Crippen LogP) is 6.32. The summed E-state index contributed by atoms with van der Waals surface area (Å²) in [6, 6.07) is 19.3. The van der Waals surface area contributed by atoms with Gasteiger partial charge in [0.05, 0.1) is 7.11 Å². The molecule has 1 amide bonds. The number of aryl methyl sites for hydroxylation is 1. The van der Waals surface area contributed by atoms with E-state index in [1.165, 1.54) is 0 Å². The van der Waals surface area contributed by atoms with Crippen LogP contribution in [0.3, 0.4) is 0 Å². The summed E-state index contributed by atoms with van der Waals surface area (Å²) in [5.41, 5.74) is 10.1. The highest BCUT2D eigenvalue weighted by molar-refractivity contribution is 5.96. The van der Waals surface area contributed by atoms with Crippen LogP contribution in [0, 0.1) is 5.41 Å². The first-order valence-corrected chi connectivity index (χ1v) is 13.5. The van der Waals surface area contributed by atoms with E-state index in [0.29, 0.717) is 35.8 Å². The number of ether oxygens (including phenoxy) is 3. The normalized spacial score (nSPS) is 11.0. The maximum absolute atomic E-state index is 13.1. The Balaban J connectivity index is 1.66. The van der Waals surface area contributed by atoms with Crippen molar-refractivity contribution in [2.24, 2.45) is 5.73 Å². The van der Waals surface area contributed by atoms with Gasteiger partial charge in [-0.2, -0.15) is 0 Å². The van der Waals surface area contributed by atoms with Crippen LogP contribution in [0.15, 0.2) is 60.7 Å². The van der Waals surface area contributed by atoms with Gasteiger partial charge >= 0.3 is 0 Å². The molecule has 0 fully saturated rings. The minimum Gasteiger partial charge on any atom is -0.493 e. The lowest BCUT2D eigenvalue weighted by Gasteiger charge is -2.31.